The summed E-state index contributed by atoms with van der Waals surface area (Å²) >= 11 is 0. The van der Waals surface area contributed by atoms with Gasteiger partial charge in [-0.25, -0.2) is 4.18 Å². The second kappa shape index (κ2) is 49.0. The normalized spacial score (nSPS) is 19.0. The van der Waals surface area contributed by atoms with Crippen molar-refractivity contribution in [2.24, 2.45) is 0 Å². The van der Waals surface area contributed by atoms with Crippen LogP contribution in [0.3, 0.4) is 0 Å². The minimum absolute atomic E-state index is 0.0457. The summed E-state index contributed by atoms with van der Waals surface area (Å²) in [5.74, 6) is -0.389. The van der Waals surface area contributed by atoms with Gasteiger partial charge in [-0.15, -0.1) is 0 Å². The Labute approximate surface area is 430 Å². The Hall–Kier alpha value is -0.900. The van der Waals surface area contributed by atoms with E-state index in [1.165, 1.54) is 231 Å². The third-order valence-electron chi connectivity index (χ3n) is 14.2. The fourth-order valence-corrected chi connectivity index (χ4v) is 10.2. The van der Waals surface area contributed by atoms with Gasteiger partial charge in [-0.1, -0.05) is 277 Å². The van der Waals surface area contributed by atoms with Crippen molar-refractivity contribution in [3.8, 4) is 0 Å². The molecule has 0 aromatic heterocycles. The largest absolute Gasteiger partial charge is 0.457 e. The smallest absolute Gasteiger partial charge is 0.397 e. The first-order chi connectivity index (χ1) is 34.1. The lowest BCUT2D eigenvalue weighted by Gasteiger charge is -2.41. The first-order valence-electron chi connectivity index (χ1n) is 29.8. The fraction of sp³-hybridized carbons (Fsp3) is 0.982. The van der Waals surface area contributed by atoms with E-state index >= 15 is 0 Å². The molecule has 0 bridgehead atoms. The molecule has 13 heteroatoms. The summed E-state index contributed by atoms with van der Waals surface area (Å²) < 4.78 is 59.5. The third-order valence-corrected chi connectivity index (χ3v) is 14.7. The lowest BCUT2D eigenvalue weighted by atomic mass is 9.99. The molecule has 4 N–H and O–H groups in total. The van der Waals surface area contributed by atoms with Crippen LogP contribution in [0, 0.1) is 0 Å². The Bertz CT molecular complexity index is 1220. The monoisotopic (exact) mass is 1020 g/mol. The van der Waals surface area contributed by atoms with E-state index in [0.29, 0.717) is 13.0 Å². The average Bonchev–Trinajstić information content (AvgIpc) is 3.34. The molecule has 0 aromatic carbocycles. The van der Waals surface area contributed by atoms with Gasteiger partial charge < -0.3 is 34.3 Å². The zero-order valence-electron chi connectivity index (χ0n) is 45.4. The zero-order chi connectivity index (χ0) is 51.0. The van der Waals surface area contributed by atoms with Gasteiger partial charge in [0.05, 0.1) is 19.8 Å². The molecule has 0 spiro atoms. The standard InChI is InChI=1S/C57H112O12S/c1-3-5-7-9-11-13-15-17-19-21-23-24-25-26-27-29-31-33-35-37-39-41-43-45-47-65-49-51(50-66-57-55(61)56(69-70(62,63)64)54(60)52(48-58)68-57)67-53(59)46-44-42-40-38-36-34-32-30-28-22-20-18-16-14-12-10-8-6-4-2/h51-52,54-58,60-61H,3-50H2,1-2H3,(H,62,63,64). The molecule has 1 rings (SSSR count). The van der Waals surface area contributed by atoms with Gasteiger partial charge in [0.15, 0.2) is 6.29 Å². The summed E-state index contributed by atoms with van der Waals surface area (Å²) in [4.78, 5) is 13.0. The molecule has 1 aliphatic heterocycles. The first kappa shape index (κ1) is 67.1. The predicted octanol–water partition coefficient (Wildman–Crippen LogP) is 14.8. The highest BCUT2D eigenvalue weighted by Crippen LogP contribution is 2.26. The van der Waals surface area contributed by atoms with Crippen LogP contribution in [0.2, 0.25) is 0 Å². The number of carbonyl (C=O) groups is 1. The van der Waals surface area contributed by atoms with Gasteiger partial charge in [0, 0.05) is 13.0 Å². The molecule has 6 unspecified atom stereocenters. The molecule has 1 heterocycles. The summed E-state index contributed by atoms with van der Waals surface area (Å²) in [6, 6.07) is 0. The van der Waals surface area contributed by atoms with E-state index in [1.807, 2.05) is 0 Å². The van der Waals surface area contributed by atoms with E-state index in [0.717, 1.165) is 38.5 Å². The highest BCUT2D eigenvalue weighted by atomic mass is 32.3. The number of esters is 1. The van der Waals surface area contributed by atoms with Gasteiger partial charge in [-0.05, 0) is 12.8 Å². The second-order valence-electron chi connectivity index (χ2n) is 21.0. The summed E-state index contributed by atoms with van der Waals surface area (Å²) in [5.41, 5.74) is 0. The van der Waals surface area contributed by atoms with Crippen molar-refractivity contribution in [1.29, 1.82) is 0 Å². The van der Waals surface area contributed by atoms with E-state index in [9.17, 15) is 33.1 Å². The van der Waals surface area contributed by atoms with Crippen molar-refractivity contribution in [3.05, 3.63) is 0 Å². The molecule has 1 aliphatic rings. The van der Waals surface area contributed by atoms with Gasteiger partial charge in [-0.2, -0.15) is 8.42 Å². The maximum Gasteiger partial charge on any atom is 0.397 e. The van der Waals surface area contributed by atoms with Gasteiger partial charge in [0.2, 0.25) is 0 Å². The van der Waals surface area contributed by atoms with Crippen LogP contribution in [0.4, 0.5) is 0 Å². The van der Waals surface area contributed by atoms with Crippen molar-refractivity contribution in [3.63, 3.8) is 0 Å². The molecule has 0 radical (unpaired) electrons. The molecule has 12 nitrogen and oxygen atoms in total. The Balaban J connectivity index is 2.25. The number of unbranched alkanes of at least 4 members (excludes halogenated alkanes) is 41. The van der Waals surface area contributed by atoms with Crippen LogP contribution in [-0.4, -0.2) is 97.5 Å². The molecule has 0 aromatic rings. The zero-order valence-corrected chi connectivity index (χ0v) is 46.2. The summed E-state index contributed by atoms with van der Waals surface area (Å²) in [6.07, 6.45) is 47.2. The molecule has 0 aliphatic carbocycles. The molecule has 70 heavy (non-hydrogen) atoms. The molecule has 1 saturated heterocycles. The molecule has 0 amide bonds. The maximum atomic E-state index is 13.0. The summed E-state index contributed by atoms with van der Waals surface area (Å²) in [7, 11) is -5.06. The van der Waals surface area contributed by atoms with Crippen molar-refractivity contribution in [2.75, 3.05) is 26.4 Å². The fourth-order valence-electron chi connectivity index (χ4n) is 9.74. The third kappa shape index (κ3) is 41.5. The lowest BCUT2D eigenvalue weighted by molar-refractivity contribution is -0.301. The average molecular weight is 1020 g/mol. The molecular formula is C57H112O12S. The number of rotatable bonds is 54. The van der Waals surface area contributed by atoms with Crippen LogP contribution < -0.4 is 0 Å². The van der Waals surface area contributed by atoms with Gasteiger partial charge >= 0.3 is 16.4 Å². The summed E-state index contributed by atoms with van der Waals surface area (Å²) in [6.45, 7) is 4.08. The van der Waals surface area contributed by atoms with Crippen LogP contribution in [0.5, 0.6) is 0 Å². The van der Waals surface area contributed by atoms with E-state index in [1.54, 1.807) is 0 Å². The van der Waals surface area contributed by atoms with Crippen molar-refractivity contribution in [1.82, 2.24) is 0 Å². The van der Waals surface area contributed by atoms with Gasteiger partial charge in [0.25, 0.3) is 0 Å². The van der Waals surface area contributed by atoms with Crippen molar-refractivity contribution >= 4 is 16.4 Å². The molecule has 0 saturated carbocycles. The topological polar surface area (TPSA) is 178 Å². The van der Waals surface area contributed by atoms with E-state index in [4.69, 9.17) is 18.9 Å². The van der Waals surface area contributed by atoms with Crippen LogP contribution in [-0.2, 0) is 38.3 Å². The SMILES string of the molecule is CCCCCCCCCCCCCCCCCCCCCCCCCCOCC(COC1OC(CO)C(O)C(OS(=O)(=O)O)C1O)OC(=O)CCCCCCCCCCCCCCCCCCCCC. The van der Waals surface area contributed by atoms with Gasteiger partial charge in [0.1, 0.15) is 30.5 Å². The Kier molecular flexibility index (Phi) is 47.0. The molecular weight excluding hydrogens is 909 g/mol. The van der Waals surface area contributed by atoms with Crippen LogP contribution in [0.1, 0.15) is 296 Å². The first-order valence-corrected chi connectivity index (χ1v) is 31.2. The van der Waals surface area contributed by atoms with E-state index in [2.05, 4.69) is 18.0 Å². The minimum Gasteiger partial charge on any atom is -0.457 e. The number of aliphatic hydroxyl groups is 3. The van der Waals surface area contributed by atoms with Gasteiger partial charge in [-0.3, -0.25) is 9.35 Å². The van der Waals surface area contributed by atoms with Crippen LogP contribution in [0.15, 0.2) is 0 Å². The van der Waals surface area contributed by atoms with Crippen molar-refractivity contribution in [2.45, 2.75) is 333 Å². The lowest BCUT2D eigenvalue weighted by Crippen LogP contribution is -2.60. The minimum atomic E-state index is -5.06. The molecule has 418 valence electrons. The molecule has 1 fully saturated rings. The highest BCUT2D eigenvalue weighted by Gasteiger charge is 2.48. The van der Waals surface area contributed by atoms with E-state index in [-0.39, 0.29) is 25.6 Å². The number of hydrogen-bond acceptors (Lipinski definition) is 11. The Morgan fingerprint density at radius 2 is 0.814 bits per heavy atom. The van der Waals surface area contributed by atoms with Crippen LogP contribution in [0.25, 0.3) is 0 Å². The number of aliphatic hydroxyl groups excluding tert-OH is 3. The Morgan fingerprint density at radius 3 is 1.14 bits per heavy atom. The summed E-state index contributed by atoms with van der Waals surface area (Å²) in [5, 5.41) is 30.8. The van der Waals surface area contributed by atoms with Crippen molar-refractivity contribution < 1.29 is 56.2 Å². The number of hydrogen-bond donors (Lipinski definition) is 4. The quantitative estimate of drug-likeness (QED) is 0.0258. The molecule has 6 atom stereocenters. The Morgan fingerprint density at radius 1 is 0.486 bits per heavy atom. The number of ether oxygens (including phenoxy) is 4. The van der Waals surface area contributed by atoms with Crippen LogP contribution >= 0.6 is 0 Å². The van der Waals surface area contributed by atoms with E-state index < -0.39 is 53.8 Å². The maximum absolute atomic E-state index is 13.0. The highest BCUT2D eigenvalue weighted by molar-refractivity contribution is 7.80. The number of carbonyl (C=O) groups excluding carboxylic acids is 1. The second-order valence-corrected chi connectivity index (χ2v) is 22.0. The predicted molar refractivity (Wildman–Crippen MR) is 285 cm³/mol.